The first-order chi connectivity index (χ1) is 17.2. The van der Waals surface area contributed by atoms with Crippen molar-refractivity contribution in [3.05, 3.63) is 66.8 Å². The van der Waals surface area contributed by atoms with Crippen molar-refractivity contribution in [2.45, 2.75) is 38.8 Å². The summed E-state index contributed by atoms with van der Waals surface area (Å²) in [5.41, 5.74) is -0.0727. The lowest BCUT2D eigenvalue weighted by Gasteiger charge is -2.19. The van der Waals surface area contributed by atoms with Gasteiger partial charge in [-0.05, 0) is 49.1 Å². The second kappa shape index (κ2) is 11.0. The van der Waals surface area contributed by atoms with Crippen molar-refractivity contribution in [1.82, 2.24) is 9.47 Å². The quantitative estimate of drug-likeness (QED) is 0.316. The van der Waals surface area contributed by atoms with Crippen molar-refractivity contribution in [2.24, 2.45) is 0 Å². The maximum Gasteiger partial charge on any atom is 0.271 e. The minimum atomic E-state index is -0.663. The van der Waals surface area contributed by atoms with E-state index in [-0.39, 0.29) is 48.2 Å². The van der Waals surface area contributed by atoms with E-state index in [2.05, 4.69) is 0 Å². The van der Waals surface area contributed by atoms with E-state index in [1.54, 1.807) is 30.3 Å². The maximum atomic E-state index is 13.2. The predicted molar refractivity (Wildman–Crippen MR) is 141 cm³/mol. The van der Waals surface area contributed by atoms with Crippen LogP contribution in [0.5, 0.6) is 5.88 Å². The summed E-state index contributed by atoms with van der Waals surface area (Å²) < 4.78 is 6.90. The Morgan fingerprint density at radius 1 is 1.36 bits per heavy atom. The number of hydrogen-bond donors (Lipinski definition) is 1. The first-order valence-corrected chi connectivity index (χ1v) is 12.8. The largest absolute Gasteiger partial charge is 0.494 e. The van der Waals surface area contributed by atoms with Crippen molar-refractivity contribution < 1.29 is 19.4 Å². The molecule has 2 saturated heterocycles. The first-order valence-electron chi connectivity index (χ1n) is 11.2. The lowest BCUT2D eigenvalue weighted by Crippen LogP contribution is -2.32. The number of amides is 1. The number of thioether (sulfide) groups is 1. The predicted octanol–water partition coefficient (Wildman–Crippen LogP) is 4.04. The van der Waals surface area contributed by atoms with Gasteiger partial charge in [0.25, 0.3) is 11.5 Å². The lowest BCUT2D eigenvalue weighted by atomic mass is 9.99. The van der Waals surface area contributed by atoms with Gasteiger partial charge in [0.1, 0.15) is 16.0 Å². The molecule has 4 rings (SSSR count). The minimum absolute atomic E-state index is 0.00686. The van der Waals surface area contributed by atoms with Crippen LogP contribution in [-0.4, -0.2) is 49.8 Å². The molecule has 2 aliphatic rings. The Morgan fingerprint density at radius 3 is 2.72 bits per heavy atom. The Bertz CT molecular complexity index is 1370. The Balaban J connectivity index is 1.54. The highest BCUT2D eigenvalue weighted by Gasteiger charge is 2.33. The van der Waals surface area contributed by atoms with E-state index >= 15 is 0 Å². The zero-order chi connectivity index (χ0) is 26.0. The van der Waals surface area contributed by atoms with Crippen LogP contribution in [0.25, 0.3) is 6.08 Å². The van der Waals surface area contributed by atoms with E-state index < -0.39 is 17.2 Å². The van der Waals surface area contributed by atoms with E-state index in [0.29, 0.717) is 27.3 Å². The molecule has 1 atom stereocenters. The third-order valence-corrected chi connectivity index (χ3v) is 7.72. The highest BCUT2D eigenvalue weighted by atomic mass is 35.5. The summed E-state index contributed by atoms with van der Waals surface area (Å²) in [4.78, 5) is 40.7. The first kappa shape index (κ1) is 26.1. The molecular formula is C25H22ClN3O5S2. The van der Waals surface area contributed by atoms with Crippen LogP contribution in [0.4, 0.5) is 0 Å². The van der Waals surface area contributed by atoms with Crippen LogP contribution in [0.1, 0.15) is 46.3 Å². The van der Waals surface area contributed by atoms with Crippen LogP contribution in [0.3, 0.4) is 0 Å². The molecule has 2 fully saturated rings. The molecule has 1 amide bonds. The summed E-state index contributed by atoms with van der Waals surface area (Å²) in [7, 11) is 0. The van der Waals surface area contributed by atoms with Gasteiger partial charge < -0.3 is 9.84 Å². The number of hydrogen-bond acceptors (Lipinski definition) is 8. The number of aromatic hydroxyl groups is 1. The van der Waals surface area contributed by atoms with E-state index in [1.807, 2.05) is 6.07 Å². The number of rotatable bonds is 7. The van der Waals surface area contributed by atoms with Crippen molar-refractivity contribution >= 4 is 57.7 Å². The second-order valence-corrected chi connectivity index (χ2v) is 10.5. The molecule has 0 aliphatic carbocycles. The summed E-state index contributed by atoms with van der Waals surface area (Å²) in [6.45, 7) is 2.05. The molecule has 2 aliphatic heterocycles. The average molecular weight is 544 g/mol. The van der Waals surface area contributed by atoms with Gasteiger partial charge in [0, 0.05) is 24.6 Å². The summed E-state index contributed by atoms with van der Waals surface area (Å²) >= 11 is 12.4. The number of nitrogens with zero attached hydrogens (tertiary/aromatic N) is 3. The van der Waals surface area contributed by atoms with Crippen LogP contribution >= 0.6 is 35.6 Å². The molecule has 1 unspecified atom stereocenters. The fourth-order valence-electron chi connectivity index (χ4n) is 4.19. The van der Waals surface area contributed by atoms with E-state index in [1.165, 1.54) is 11.8 Å². The van der Waals surface area contributed by atoms with E-state index in [0.717, 1.165) is 28.3 Å². The van der Waals surface area contributed by atoms with Gasteiger partial charge in [-0.1, -0.05) is 47.7 Å². The number of thiocarbonyl (C=S) groups is 1. The number of halogens is 1. The van der Waals surface area contributed by atoms with Crippen LogP contribution in [0, 0.1) is 18.3 Å². The average Bonchev–Trinajstić information content (AvgIpc) is 3.45. The number of aromatic nitrogens is 1. The van der Waals surface area contributed by atoms with Crippen molar-refractivity contribution in [1.29, 1.82) is 5.26 Å². The molecule has 1 aromatic carbocycles. The number of carbonyl (C=O) groups is 2. The van der Waals surface area contributed by atoms with Gasteiger partial charge in [-0.3, -0.25) is 23.9 Å². The maximum absolute atomic E-state index is 13.2. The molecule has 1 aromatic heterocycles. The van der Waals surface area contributed by atoms with Crippen molar-refractivity contribution in [3.63, 3.8) is 0 Å². The molecule has 2 aromatic rings. The minimum Gasteiger partial charge on any atom is -0.494 e. The Kier molecular flexibility index (Phi) is 7.95. The number of ketones is 1. The molecule has 0 saturated carbocycles. The van der Waals surface area contributed by atoms with Gasteiger partial charge >= 0.3 is 0 Å². The SMILES string of the molecule is Cc1c(C(=O)CCN2C(=O)/C(=C/c3ccc(Cl)cc3)SC2=S)c(O)n(CC2CCCO2)c(=O)c1C#N. The zero-order valence-electron chi connectivity index (χ0n) is 19.3. The number of nitriles is 1. The number of Topliss-reactive ketones (excluding diaryl/α,β-unsaturated/α-hetero) is 1. The molecule has 1 N–H and O–H groups in total. The highest BCUT2D eigenvalue weighted by molar-refractivity contribution is 8.26. The van der Waals surface area contributed by atoms with Gasteiger partial charge in [-0.2, -0.15) is 5.26 Å². The second-order valence-electron chi connectivity index (χ2n) is 8.42. The van der Waals surface area contributed by atoms with Crippen LogP contribution < -0.4 is 5.56 Å². The Labute approximate surface area is 222 Å². The molecule has 11 heteroatoms. The summed E-state index contributed by atoms with van der Waals surface area (Å²) in [6.07, 6.45) is 2.81. The Hall–Kier alpha value is -2.97. The fraction of sp³-hybridized carbons (Fsp3) is 0.320. The molecular weight excluding hydrogens is 522 g/mol. The summed E-state index contributed by atoms with van der Waals surface area (Å²) in [5.74, 6) is -1.32. The number of pyridine rings is 1. The highest BCUT2D eigenvalue weighted by Crippen LogP contribution is 2.33. The van der Waals surface area contributed by atoms with Gasteiger partial charge in [-0.25, -0.2) is 0 Å². The Morgan fingerprint density at radius 2 is 2.08 bits per heavy atom. The van der Waals surface area contributed by atoms with Crippen LogP contribution in [-0.2, 0) is 16.1 Å². The topological polar surface area (TPSA) is 113 Å². The monoisotopic (exact) mass is 543 g/mol. The van der Waals surface area contributed by atoms with E-state index in [9.17, 15) is 24.8 Å². The molecule has 8 nitrogen and oxygen atoms in total. The number of benzene rings is 1. The smallest absolute Gasteiger partial charge is 0.271 e. The van der Waals surface area contributed by atoms with Crippen molar-refractivity contribution in [2.75, 3.05) is 13.2 Å². The van der Waals surface area contributed by atoms with Gasteiger partial charge in [0.15, 0.2) is 5.78 Å². The molecule has 0 bridgehead atoms. The van der Waals surface area contributed by atoms with Gasteiger partial charge in [0.2, 0.25) is 5.88 Å². The van der Waals surface area contributed by atoms with Gasteiger partial charge in [-0.15, -0.1) is 0 Å². The van der Waals surface area contributed by atoms with Gasteiger partial charge in [0.05, 0.1) is 23.1 Å². The molecule has 0 spiro atoms. The molecule has 3 heterocycles. The standard InChI is InChI=1S/C25H22ClN3O5S2/c1-14-18(12-27)22(31)29(13-17-3-2-10-34-17)24(33)21(14)19(30)8-9-28-23(32)20(36-25(28)35)11-15-4-6-16(26)7-5-15/h4-7,11,17,33H,2-3,8-10,13H2,1H3/b20-11-. The number of carbonyl (C=O) groups excluding carboxylic acids is 2. The van der Waals surface area contributed by atoms with Crippen LogP contribution in [0.2, 0.25) is 5.02 Å². The molecule has 0 radical (unpaired) electrons. The summed E-state index contributed by atoms with van der Waals surface area (Å²) in [5, 5.41) is 21.0. The number of ether oxygens (including phenoxy) is 1. The third-order valence-electron chi connectivity index (χ3n) is 6.09. The van der Waals surface area contributed by atoms with E-state index in [4.69, 9.17) is 28.6 Å². The molecule has 36 heavy (non-hydrogen) atoms. The molecule has 186 valence electrons. The summed E-state index contributed by atoms with van der Waals surface area (Å²) in [6, 6.07) is 8.85. The van der Waals surface area contributed by atoms with Crippen LogP contribution in [0.15, 0.2) is 34.0 Å². The lowest BCUT2D eigenvalue weighted by molar-refractivity contribution is -0.122. The normalized spacial score (nSPS) is 18.8. The third kappa shape index (κ3) is 5.25. The van der Waals surface area contributed by atoms with Crippen molar-refractivity contribution in [3.8, 4) is 11.9 Å². The zero-order valence-corrected chi connectivity index (χ0v) is 21.7. The fourth-order valence-corrected chi connectivity index (χ4v) is 5.62.